The molecule has 1 unspecified atom stereocenters. The maximum atomic E-state index is 14.8. The molecule has 2 heterocycles. The molecule has 0 amide bonds. The maximum Gasteiger partial charge on any atom is 0.164 e. The van der Waals surface area contributed by atoms with Gasteiger partial charge in [0.05, 0.1) is 5.69 Å². The van der Waals surface area contributed by atoms with Crippen molar-refractivity contribution in [2.45, 2.75) is 19.4 Å². The van der Waals surface area contributed by atoms with Crippen LogP contribution in [-0.2, 0) is 5.54 Å². The molecule has 2 aliphatic heterocycles. The summed E-state index contributed by atoms with van der Waals surface area (Å²) in [4.78, 5) is 9.42. The molecule has 204 valence electrons. The van der Waals surface area contributed by atoms with Crippen LogP contribution in [0.15, 0.2) is 89.4 Å². The van der Waals surface area contributed by atoms with Crippen LogP contribution in [0.2, 0.25) is 5.02 Å². The minimum Gasteiger partial charge on any atom is -0.367 e. The topological polar surface area (TPSA) is 18.8 Å². The molecule has 0 bridgehead atoms. The monoisotopic (exact) mass is 559 g/mol. The van der Waals surface area contributed by atoms with Crippen LogP contribution in [0.25, 0.3) is 10.8 Å². The summed E-state index contributed by atoms with van der Waals surface area (Å²) in [6.07, 6.45) is 2.17. The highest BCUT2D eigenvalue weighted by Gasteiger charge is 2.42. The van der Waals surface area contributed by atoms with Crippen LogP contribution in [0.3, 0.4) is 0 Å². The Labute approximate surface area is 237 Å². The molecule has 0 aliphatic carbocycles. The smallest absolute Gasteiger partial charge is 0.164 e. The Hall–Kier alpha value is -3.61. The van der Waals surface area contributed by atoms with Crippen molar-refractivity contribution in [1.82, 2.24) is 4.90 Å². The van der Waals surface area contributed by atoms with Crippen molar-refractivity contribution in [2.75, 3.05) is 37.6 Å². The van der Waals surface area contributed by atoms with E-state index >= 15 is 0 Å². The number of benzene rings is 4. The summed E-state index contributed by atoms with van der Waals surface area (Å²) in [6, 6.07) is 23.6. The van der Waals surface area contributed by atoms with Crippen molar-refractivity contribution in [3.05, 3.63) is 124 Å². The van der Waals surface area contributed by atoms with Crippen molar-refractivity contribution in [3.8, 4) is 0 Å². The van der Waals surface area contributed by atoms with Gasteiger partial charge < -0.3 is 4.90 Å². The van der Waals surface area contributed by atoms with E-state index in [4.69, 9.17) is 16.6 Å². The second-order valence-electron chi connectivity index (χ2n) is 10.6. The van der Waals surface area contributed by atoms with Gasteiger partial charge >= 0.3 is 0 Å². The van der Waals surface area contributed by atoms with E-state index in [1.165, 1.54) is 6.92 Å². The molecule has 1 saturated heterocycles. The second kappa shape index (κ2) is 10.4. The summed E-state index contributed by atoms with van der Waals surface area (Å²) in [7, 11) is 0. The summed E-state index contributed by atoms with van der Waals surface area (Å²) >= 11 is 6.29. The molecule has 40 heavy (non-hydrogen) atoms. The molecule has 4 aromatic rings. The Kier molecular flexibility index (Phi) is 6.93. The molecule has 0 saturated carbocycles. The molecule has 0 N–H and O–H groups in total. The van der Waals surface area contributed by atoms with E-state index in [1.54, 1.807) is 4.90 Å². The van der Waals surface area contributed by atoms with E-state index < -0.39 is 23.0 Å². The lowest BCUT2D eigenvalue weighted by Gasteiger charge is -2.39. The van der Waals surface area contributed by atoms with Gasteiger partial charge in [-0.2, -0.15) is 0 Å². The van der Waals surface area contributed by atoms with Crippen molar-refractivity contribution in [1.29, 1.82) is 0 Å². The number of halogens is 4. The van der Waals surface area contributed by atoms with Crippen LogP contribution in [-0.4, -0.2) is 43.3 Å². The molecule has 1 atom stereocenters. The first kappa shape index (κ1) is 26.6. The van der Waals surface area contributed by atoms with Crippen LogP contribution < -0.4 is 4.90 Å². The molecule has 4 aromatic carbocycles. The largest absolute Gasteiger partial charge is 0.367 e. The second-order valence-corrected chi connectivity index (χ2v) is 11.0. The van der Waals surface area contributed by atoms with Gasteiger partial charge in [0.2, 0.25) is 0 Å². The Bertz CT molecular complexity index is 1650. The summed E-state index contributed by atoms with van der Waals surface area (Å²) in [6.45, 7) is 6.22. The molecule has 6 rings (SSSR count). The molecule has 0 radical (unpaired) electrons. The van der Waals surface area contributed by atoms with Gasteiger partial charge in [0.15, 0.2) is 17.5 Å². The van der Waals surface area contributed by atoms with E-state index in [0.717, 1.165) is 39.3 Å². The standard InChI is InChI=1S/C33H29ClF3N3/c1-21-18-25(20-39-14-16-40(17-15-39)30-19-29(35)31(36)22(2)32(30)37)33(38-21,24-10-12-26(34)13-11-24)28-9-5-7-23-6-3-4-8-27(23)28/h3-13,18-19H,14-17,20H2,1-2H3. The quantitative estimate of drug-likeness (QED) is 0.233. The van der Waals surface area contributed by atoms with Crippen LogP contribution in [0.1, 0.15) is 23.6 Å². The number of rotatable bonds is 5. The fraction of sp³-hybridized carbons (Fsp3) is 0.242. The zero-order chi connectivity index (χ0) is 28.0. The minimum atomic E-state index is -1.13. The molecule has 0 spiro atoms. The predicted octanol–water partition coefficient (Wildman–Crippen LogP) is 7.69. The first-order valence-corrected chi connectivity index (χ1v) is 13.8. The number of fused-ring (bicyclic) bond motifs is 1. The lowest BCUT2D eigenvalue weighted by atomic mass is 9.76. The van der Waals surface area contributed by atoms with Crippen LogP contribution in [0, 0.1) is 24.4 Å². The molecule has 2 aliphatic rings. The molecule has 3 nitrogen and oxygen atoms in total. The van der Waals surface area contributed by atoms with E-state index in [0.29, 0.717) is 37.7 Å². The van der Waals surface area contributed by atoms with Gasteiger partial charge in [-0.05, 0) is 59.5 Å². The number of nitrogens with zero attached hydrogens (tertiary/aromatic N) is 3. The third-order valence-electron chi connectivity index (χ3n) is 8.10. The zero-order valence-electron chi connectivity index (χ0n) is 22.4. The van der Waals surface area contributed by atoms with Gasteiger partial charge in [0.1, 0.15) is 5.54 Å². The summed E-state index contributed by atoms with van der Waals surface area (Å²) in [5.74, 6) is -2.86. The lowest BCUT2D eigenvalue weighted by Crippen LogP contribution is -2.48. The average molecular weight is 560 g/mol. The lowest BCUT2D eigenvalue weighted by molar-refractivity contribution is 0.269. The zero-order valence-corrected chi connectivity index (χ0v) is 23.2. The molecular weight excluding hydrogens is 531 g/mol. The Morgan fingerprint density at radius 1 is 0.850 bits per heavy atom. The fourth-order valence-corrected chi connectivity index (χ4v) is 6.21. The van der Waals surface area contributed by atoms with E-state index in [9.17, 15) is 13.2 Å². The molecule has 1 fully saturated rings. The predicted molar refractivity (Wildman–Crippen MR) is 157 cm³/mol. The number of aliphatic imine (C=N–C) groups is 1. The third-order valence-corrected chi connectivity index (χ3v) is 8.35. The number of anilines is 1. The first-order valence-electron chi connectivity index (χ1n) is 13.4. The van der Waals surface area contributed by atoms with Gasteiger partial charge in [-0.25, -0.2) is 13.2 Å². The average Bonchev–Trinajstić information content (AvgIpc) is 3.30. The Morgan fingerprint density at radius 3 is 2.30 bits per heavy atom. The van der Waals surface area contributed by atoms with Gasteiger partial charge in [-0.15, -0.1) is 0 Å². The van der Waals surface area contributed by atoms with Crippen LogP contribution in [0.5, 0.6) is 0 Å². The maximum absolute atomic E-state index is 14.8. The van der Waals surface area contributed by atoms with Gasteiger partial charge in [-0.1, -0.05) is 66.2 Å². The minimum absolute atomic E-state index is 0.113. The molecule has 0 aromatic heterocycles. The fourth-order valence-electron chi connectivity index (χ4n) is 6.09. The van der Waals surface area contributed by atoms with Crippen LogP contribution in [0.4, 0.5) is 18.9 Å². The van der Waals surface area contributed by atoms with Gasteiger partial charge in [0, 0.05) is 55.1 Å². The SMILES string of the molecule is CC1=NC(c2ccc(Cl)cc2)(c2cccc3ccccc23)C(CN2CCN(c3cc(F)c(F)c(C)c3F)CC2)=C1. The van der Waals surface area contributed by atoms with Crippen molar-refractivity contribution < 1.29 is 13.2 Å². The van der Waals surface area contributed by atoms with E-state index in [2.05, 4.69) is 47.4 Å². The highest BCUT2D eigenvalue weighted by atomic mass is 35.5. The summed E-state index contributed by atoms with van der Waals surface area (Å²) in [5.41, 5.74) is 3.33. The van der Waals surface area contributed by atoms with Crippen molar-refractivity contribution >= 4 is 33.8 Å². The number of hydrogen-bond acceptors (Lipinski definition) is 3. The number of hydrogen-bond donors (Lipinski definition) is 0. The molecule has 7 heteroatoms. The Morgan fingerprint density at radius 2 is 1.55 bits per heavy atom. The van der Waals surface area contributed by atoms with Gasteiger partial charge in [-0.3, -0.25) is 9.89 Å². The van der Waals surface area contributed by atoms with Crippen LogP contribution >= 0.6 is 11.6 Å². The highest BCUT2D eigenvalue weighted by Crippen LogP contribution is 2.47. The van der Waals surface area contributed by atoms with Gasteiger partial charge in [0.25, 0.3) is 0 Å². The van der Waals surface area contributed by atoms with E-state index in [-0.39, 0.29) is 11.3 Å². The number of allylic oxidation sites excluding steroid dienone is 1. The molecular formula is C33H29ClF3N3. The van der Waals surface area contributed by atoms with Crippen molar-refractivity contribution in [2.24, 2.45) is 4.99 Å². The summed E-state index contributed by atoms with van der Waals surface area (Å²) in [5, 5.41) is 2.94. The third kappa shape index (κ3) is 4.49. The summed E-state index contributed by atoms with van der Waals surface area (Å²) < 4.78 is 42.8. The normalized spacial score (nSPS) is 19.7. The number of piperazine rings is 1. The first-order chi connectivity index (χ1) is 19.3. The Balaban J connectivity index is 1.34. The highest BCUT2D eigenvalue weighted by molar-refractivity contribution is 6.30. The van der Waals surface area contributed by atoms with Crippen molar-refractivity contribution in [3.63, 3.8) is 0 Å². The van der Waals surface area contributed by atoms with E-state index in [1.807, 2.05) is 37.3 Å².